The Bertz CT molecular complexity index is 992. The molecule has 3 rings (SSSR count). The number of carbonyl (C=O) groups is 1. The van der Waals surface area contributed by atoms with Gasteiger partial charge in [0.15, 0.2) is 5.65 Å². The summed E-state index contributed by atoms with van der Waals surface area (Å²) in [4.78, 5) is 28.6. The molecule has 0 atom stereocenters. The van der Waals surface area contributed by atoms with Crippen molar-refractivity contribution < 1.29 is 4.79 Å². The van der Waals surface area contributed by atoms with E-state index in [0.29, 0.717) is 23.3 Å². The summed E-state index contributed by atoms with van der Waals surface area (Å²) in [6.07, 6.45) is 3.54. The third-order valence-corrected chi connectivity index (χ3v) is 4.27. The summed E-state index contributed by atoms with van der Waals surface area (Å²) in [6.45, 7) is 4.05. The highest BCUT2D eigenvalue weighted by atomic mass is 35.5. The highest BCUT2D eigenvalue weighted by Gasteiger charge is 2.13. The van der Waals surface area contributed by atoms with Crippen molar-refractivity contribution in [1.29, 1.82) is 0 Å². The number of halogens is 1. The molecule has 7 nitrogen and oxygen atoms in total. The van der Waals surface area contributed by atoms with Crippen LogP contribution in [-0.4, -0.2) is 31.2 Å². The molecule has 0 saturated carbocycles. The van der Waals surface area contributed by atoms with Gasteiger partial charge in [0.25, 0.3) is 5.56 Å². The molecule has 3 aromatic rings. The molecule has 0 unspecified atom stereocenters. The second kappa shape index (κ2) is 7.06. The van der Waals surface area contributed by atoms with Crippen molar-refractivity contribution in [3.05, 3.63) is 52.2 Å². The predicted octanol–water partition coefficient (Wildman–Crippen LogP) is 2.29. The second-order valence-corrected chi connectivity index (χ2v) is 6.19. The van der Waals surface area contributed by atoms with E-state index in [-0.39, 0.29) is 17.9 Å². The largest absolute Gasteiger partial charge is 0.283 e. The Labute approximate surface area is 149 Å². The first-order chi connectivity index (χ1) is 12.0. The van der Waals surface area contributed by atoms with Crippen LogP contribution >= 0.6 is 11.6 Å². The lowest BCUT2D eigenvalue weighted by Crippen LogP contribution is -2.33. The smallest absolute Gasteiger partial charge is 0.273 e. The van der Waals surface area contributed by atoms with E-state index in [4.69, 9.17) is 11.6 Å². The van der Waals surface area contributed by atoms with Crippen molar-refractivity contribution in [2.45, 2.75) is 26.7 Å². The number of fused-ring (bicyclic) bond motifs is 1. The number of carbonyl (C=O) groups excluding carboxylic acids is 1. The first-order valence-electron chi connectivity index (χ1n) is 7.90. The number of nitrogens with zero attached hydrogens (tertiary/aromatic N) is 4. The first kappa shape index (κ1) is 17.2. The minimum absolute atomic E-state index is 0.246. The van der Waals surface area contributed by atoms with Crippen LogP contribution in [-0.2, 0) is 4.79 Å². The second-order valence-electron chi connectivity index (χ2n) is 5.81. The average Bonchev–Trinajstić information content (AvgIpc) is 3.03. The van der Waals surface area contributed by atoms with Crippen molar-refractivity contribution >= 4 is 28.5 Å². The summed E-state index contributed by atoms with van der Waals surface area (Å²) in [7, 11) is 0. The van der Waals surface area contributed by atoms with Crippen LogP contribution in [0.25, 0.3) is 16.7 Å². The molecule has 1 aromatic carbocycles. The van der Waals surface area contributed by atoms with Gasteiger partial charge < -0.3 is 0 Å². The maximum absolute atomic E-state index is 12.5. The third kappa shape index (κ3) is 3.41. The van der Waals surface area contributed by atoms with Crippen molar-refractivity contribution in [2.75, 3.05) is 11.3 Å². The SMILES string of the molecule is Cc1ccc(-n2ncc3c(=O)n(NC(=O)CCCCl)cnc32)cc1C. The minimum Gasteiger partial charge on any atom is -0.273 e. The molecule has 0 aliphatic rings. The summed E-state index contributed by atoms with van der Waals surface area (Å²) >= 11 is 5.57. The minimum atomic E-state index is -0.376. The number of aromatic nitrogens is 4. The summed E-state index contributed by atoms with van der Waals surface area (Å²) in [5.74, 6) is 0.105. The van der Waals surface area contributed by atoms with E-state index in [2.05, 4.69) is 15.5 Å². The Morgan fingerprint density at radius 1 is 1.28 bits per heavy atom. The van der Waals surface area contributed by atoms with Gasteiger partial charge in [-0.2, -0.15) is 5.10 Å². The molecule has 0 saturated heterocycles. The molecule has 0 radical (unpaired) electrons. The van der Waals surface area contributed by atoms with Crippen LogP contribution in [0.5, 0.6) is 0 Å². The van der Waals surface area contributed by atoms with E-state index in [1.165, 1.54) is 18.1 Å². The van der Waals surface area contributed by atoms with Gasteiger partial charge in [-0.1, -0.05) is 6.07 Å². The summed E-state index contributed by atoms with van der Waals surface area (Å²) < 4.78 is 2.69. The Morgan fingerprint density at radius 3 is 2.80 bits per heavy atom. The van der Waals surface area contributed by atoms with E-state index >= 15 is 0 Å². The molecule has 8 heteroatoms. The van der Waals surface area contributed by atoms with Crippen LogP contribution in [0.4, 0.5) is 0 Å². The van der Waals surface area contributed by atoms with Gasteiger partial charge in [0.05, 0.1) is 11.9 Å². The van der Waals surface area contributed by atoms with Gasteiger partial charge in [-0.25, -0.2) is 14.3 Å². The van der Waals surface area contributed by atoms with Gasteiger partial charge in [0.2, 0.25) is 5.91 Å². The number of aryl methyl sites for hydroxylation is 2. The van der Waals surface area contributed by atoms with Gasteiger partial charge in [-0.3, -0.25) is 15.0 Å². The lowest BCUT2D eigenvalue weighted by Gasteiger charge is -2.08. The van der Waals surface area contributed by atoms with E-state index in [1.54, 1.807) is 4.68 Å². The maximum Gasteiger partial charge on any atom is 0.283 e. The van der Waals surface area contributed by atoms with Crippen LogP contribution in [0.1, 0.15) is 24.0 Å². The zero-order valence-electron chi connectivity index (χ0n) is 14.0. The number of nitrogens with one attached hydrogen (secondary N) is 1. The molecule has 0 aliphatic heterocycles. The molecule has 1 amide bonds. The van der Waals surface area contributed by atoms with Crippen molar-refractivity contribution in [1.82, 2.24) is 19.4 Å². The lowest BCUT2D eigenvalue weighted by atomic mass is 10.1. The normalized spacial score (nSPS) is 11.0. The fourth-order valence-corrected chi connectivity index (χ4v) is 2.59. The van der Waals surface area contributed by atoms with Crippen LogP contribution in [0.2, 0.25) is 0 Å². The van der Waals surface area contributed by atoms with Crippen molar-refractivity contribution in [2.24, 2.45) is 0 Å². The monoisotopic (exact) mass is 359 g/mol. The van der Waals surface area contributed by atoms with E-state index in [9.17, 15) is 9.59 Å². The highest BCUT2D eigenvalue weighted by molar-refractivity contribution is 6.17. The summed E-state index contributed by atoms with van der Waals surface area (Å²) in [6, 6.07) is 5.91. The molecule has 2 aromatic heterocycles. The Balaban J connectivity index is 1.97. The fourth-order valence-electron chi connectivity index (χ4n) is 2.46. The van der Waals surface area contributed by atoms with Crippen LogP contribution in [0.15, 0.2) is 35.5 Å². The zero-order chi connectivity index (χ0) is 18.0. The molecule has 25 heavy (non-hydrogen) atoms. The first-order valence-corrected chi connectivity index (χ1v) is 8.43. The number of alkyl halides is 1. The number of hydrogen-bond donors (Lipinski definition) is 1. The fraction of sp³-hybridized carbons (Fsp3) is 0.294. The van der Waals surface area contributed by atoms with Crippen molar-refractivity contribution in [3.8, 4) is 5.69 Å². The molecular weight excluding hydrogens is 342 g/mol. The third-order valence-electron chi connectivity index (χ3n) is 4.01. The van der Waals surface area contributed by atoms with E-state index < -0.39 is 0 Å². The number of amides is 1. The van der Waals surface area contributed by atoms with Crippen molar-refractivity contribution in [3.63, 3.8) is 0 Å². The molecule has 0 bridgehead atoms. The van der Waals surface area contributed by atoms with Gasteiger partial charge in [0, 0.05) is 12.3 Å². The molecule has 0 fully saturated rings. The van der Waals surface area contributed by atoms with Crippen LogP contribution in [0.3, 0.4) is 0 Å². The van der Waals surface area contributed by atoms with E-state index in [1.807, 2.05) is 32.0 Å². The molecule has 0 aliphatic carbocycles. The quantitative estimate of drug-likeness (QED) is 0.708. The van der Waals surface area contributed by atoms with Gasteiger partial charge in [-0.15, -0.1) is 11.6 Å². The standard InChI is InChI=1S/C17H18ClN5O2/c1-11-5-6-13(8-12(11)2)23-16-14(9-20-23)17(25)22(10-19-16)21-15(24)4-3-7-18/h5-6,8-10H,3-4,7H2,1-2H3,(H,21,24). The summed E-state index contributed by atoms with van der Waals surface area (Å²) in [5.41, 5.74) is 5.71. The van der Waals surface area contributed by atoms with Gasteiger partial charge in [0.1, 0.15) is 11.7 Å². The zero-order valence-corrected chi connectivity index (χ0v) is 14.7. The maximum atomic E-state index is 12.5. The lowest BCUT2D eigenvalue weighted by molar-refractivity contribution is -0.117. The van der Waals surface area contributed by atoms with Gasteiger partial charge >= 0.3 is 0 Å². The Hall–Kier alpha value is -2.67. The average molecular weight is 360 g/mol. The summed E-state index contributed by atoms with van der Waals surface area (Å²) in [5, 5.41) is 4.61. The number of hydrogen-bond acceptors (Lipinski definition) is 4. The predicted molar refractivity (Wildman–Crippen MR) is 96.9 cm³/mol. The molecule has 0 spiro atoms. The topological polar surface area (TPSA) is 81.8 Å². The van der Waals surface area contributed by atoms with Crippen LogP contribution < -0.4 is 11.0 Å². The molecule has 130 valence electrons. The molecule has 1 N–H and O–H groups in total. The Morgan fingerprint density at radius 2 is 2.08 bits per heavy atom. The number of benzene rings is 1. The van der Waals surface area contributed by atoms with E-state index in [0.717, 1.165) is 15.9 Å². The Kier molecular flexibility index (Phi) is 4.85. The number of rotatable bonds is 5. The molecular formula is C17H18ClN5O2. The highest BCUT2D eigenvalue weighted by Crippen LogP contribution is 2.17. The molecule has 2 heterocycles. The van der Waals surface area contributed by atoms with Crippen LogP contribution in [0, 0.1) is 13.8 Å². The van der Waals surface area contributed by atoms with Gasteiger partial charge in [-0.05, 0) is 43.5 Å².